The number of halogens is 1. The third kappa shape index (κ3) is 3.40. The lowest BCUT2D eigenvalue weighted by Crippen LogP contribution is -2.48. The molecule has 0 N–H and O–H groups in total. The molecule has 1 aromatic rings. The van der Waals surface area contributed by atoms with Crippen molar-refractivity contribution < 1.29 is 13.2 Å². The summed E-state index contributed by atoms with van der Waals surface area (Å²) in [6.07, 6.45) is 11.4. The van der Waals surface area contributed by atoms with E-state index in [2.05, 4.69) is 30.8 Å². The van der Waals surface area contributed by atoms with Crippen LogP contribution >= 0.6 is 11.6 Å². The Labute approximate surface area is 208 Å². The fraction of sp³-hybridized carbons (Fsp3) is 0.536. The lowest BCUT2D eigenvalue weighted by molar-refractivity contribution is -0.00837. The smallest absolute Gasteiger partial charge is 0.282 e. The summed E-state index contributed by atoms with van der Waals surface area (Å²) >= 11 is 5.97. The van der Waals surface area contributed by atoms with Crippen molar-refractivity contribution in [2.24, 2.45) is 28.6 Å². The van der Waals surface area contributed by atoms with Crippen molar-refractivity contribution in [1.82, 2.24) is 0 Å². The topological polar surface area (TPSA) is 47.7 Å². The van der Waals surface area contributed by atoms with E-state index in [0.29, 0.717) is 29.2 Å². The van der Waals surface area contributed by atoms with Gasteiger partial charge in [0.1, 0.15) is 0 Å². The van der Waals surface area contributed by atoms with Crippen LogP contribution in [0.5, 0.6) is 0 Å². The van der Waals surface area contributed by atoms with E-state index in [0.717, 1.165) is 49.9 Å². The molecule has 2 saturated carbocycles. The minimum atomic E-state index is -3.88. The summed E-state index contributed by atoms with van der Waals surface area (Å²) in [7, 11) is -2.12. The predicted octanol–water partition coefficient (Wildman–Crippen LogP) is 7.35. The SMILES string of the molecule is [C-]#[N+]C(=C1CC[C@H]2[C@@H]3CC=C4C=C(OC)CC[C@]4(C)[C@H]3CC[C@]12C)S(=O)(=O)c1ccc(Cl)cc1. The maximum atomic E-state index is 13.5. The maximum absolute atomic E-state index is 13.5. The molecule has 4 aliphatic carbocycles. The predicted molar refractivity (Wildman–Crippen MR) is 134 cm³/mol. The van der Waals surface area contributed by atoms with Gasteiger partial charge in [0.05, 0.1) is 24.3 Å². The number of benzene rings is 1. The van der Waals surface area contributed by atoms with Crippen LogP contribution in [0.25, 0.3) is 4.85 Å². The van der Waals surface area contributed by atoms with Gasteiger partial charge in [0.15, 0.2) is 0 Å². The molecular weight excluding hydrogens is 466 g/mol. The van der Waals surface area contributed by atoms with Crippen molar-refractivity contribution in [3.63, 3.8) is 0 Å². The van der Waals surface area contributed by atoms with Gasteiger partial charge in [0.2, 0.25) is 9.84 Å². The van der Waals surface area contributed by atoms with Crippen molar-refractivity contribution in [2.75, 3.05) is 7.11 Å². The number of ether oxygens (including phenoxy) is 1. The maximum Gasteiger partial charge on any atom is 0.282 e. The first kappa shape index (κ1) is 23.7. The summed E-state index contributed by atoms with van der Waals surface area (Å²) in [5.74, 6) is 2.58. The van der Waals surface area contributed by atoms with Crippen LogP contribution < -0.4 is 0 Å². The molecule has 0 unspecified atom stereocenters. The zero-order valence-corrected chi connectivity index (χ0v) is 21.7. The molecule has 180 valence electrons. The van der Waals surface area contributed by atoms with E-state index in [-0.39, 0.29) is 20.8 Å². The first-order valence-corrected chi connectivity index (χ1v) is 14.1. The molecule has 0 radical (unpaired) electrons. The standard InChI is InChI=1S/C28H32ClNO3S/c1-27-15-13-20(33-4)17-18(27)5-10-22-23-11-12-25(28(23,2)16-14-24(22)27)26(30-3)34(31,32)21-8-6-19(29)7-9-21/h5-9,17,22-24H,10-16H2,1-2,4H3/t22-,23-,24-,27-,28-/m0/s1. The van der Waals surface area contributed by atoms with Gasteiger partial charge in [-0.1, -0.05) is 31.5 Å². The van der Waals surface area contributed by atoms with Crippen molar-refractivity contribution in [3.05, 3.63) is 74.8 Å². The minimum Gasteiger partial charge on any atom is -0.501 e. The second-order valence-electron chi connectivity index (χ2n) is 10.9. The highest BCUT2D eigenvalue weighted by atomic mass is 35.5. The average molecular weight is 498 g/mol. The number of methoxy groups -OCH3 is 1. The van der Waals surface area contributed by atoms with Crippen LogP contribution in [0.4, 0.5) is 0 Å². The van der Waals surface area contributed by atoms with Crippen molar-refractivity contribution in [1.29, 1.82) is 0 Å². The third-order valence-electron chi connectivity index (χ3n) is 9.52. The second-order valence-corrected chi connectivity index (χ2v) is 13.2. The Morgan fingerprint density at radius 3 is 2.47 bits per heavy atom. The summed E-state index contributed by atoms with van der Waals surface area (Å²) in [5.41, 5.74) is 2.17. The molecule has 0 aliphatic heterocycles. The molecule has 0 aromatic heterocycles. The van der Waals surface area contributed by atoms with Crippen LogP contribution in [-0.2, 0) is 14.6 Å². The van der Waals surface area contributed by atoms with E-state index < -0.39 is 9.84 Å². The van der Waals surface area contributed by atoms with Gasteiger partial charge >= 0.3 is 0 Å². The quantitative estimate of drug-likeness (QED) is 0.410. The Morgan fingerprint density at radius 2 is 1.79 bits per heavy atom. The molecule has 0 bridgehead atoms. The van der Waals surface area contributed by atoms with E-state index in [1.807, 2.05) is 0 Å². The molecule has 6 heteroatoms. The minimum absolute atomic E-state index is 0.0538. The summed E-state index contributed by atoms with van der Waals surface area (Å²) < 4.78 is 32.6. The Bertz CT molecular complexity index is 1250. The lowest BCUT2D eigenvalue weighted by atomic mass is 9.48. The summed E-state index contributed by atoms with van der Waals surface area (Å²) in [4.78, 5) is 3.80. The van der Waals surface area contributed by atoms with E-state index in [4.69, 9.17) is 22.9 Å². The van der Waals surface area contributed by atoms with Crippen LogP contribution in [0.3, 0.4) is 0 Å². The zero-order chi connectivity index (χ0) is 24.3. The van der Waals surface area contributed by atoms with Crippen molar-refractivity contribution in [2.45, 2.75) is 63.7 Å². The molecule has 0 heterocycles. The molecule has 4 nitrogen and oxygen atoms in total. The molecule has 34 heavy (non-hydrogen) atoms. The molecular formula is C28H32ClNO3S. The molecule has 1 aromatic carbocycles. The average Bonchev–Trinajstić information content (AvgIpc) is 3.16. The van der Waals surface area contributed by atoms with Crippen LogP contribution in [0.2, 0.25) is 5.02 Å². The molecule has 5 atom stereocenters. The Morgan fingerprint density at radius 1 is 1.09 bits per heavy atom. The van der Waals surface area contributed by atoms with Gasteiger partial charge in [-0.25, -0.2) is 13.3 Å². The monoisotopic (exact) mass is 497 g/mol. The number of hydrogen-bond acceptors (Lipinski definition) is 3. The fourth-order valence-corrected chi connectivity index (χ4v) is 9.26. The van der Waals surface area contributed by atoms with Gasteiger partial charge in [-0.15, -0.1) is 0 Å². The van der Waals surface area contributed by atoms with E-state index >= 15 is 0 Å². The van der Waals surface area contributed by atoms with E-state index in [1.165, 1.54) is 17.7 Å². The highest BCUT2D eigenvalue weighted by Gasteiger charge is 2.57. The highest BCUT2D eigenvalue weighted by molar-refractivity contribution is 7.95. The van der Waals surface area contributed by atoms with Crippen LogP contribution in [-0.4, -0.2) is 15.5 Å². The Balaban J connectivity index is 1.53. The van der Waals surface area contributed by atoms with E-state index in [1.54, 1.807) is 19.2 Å². The Kier molecular flexibility index (Phi) is 5.77. The largest absolute Gasteiger partial charge is 0.501 e. The number of rotatable bonds is 3. The Hall–Kier alpha value is -2.03. The molecule has 2 fully saturated rings. The van der Waals surface area contributed by atoms with Crippen LogP contribution in [0.15, 0.2) is 63.2 Å². The highest BCUT2D eigenvalue weighted by Crippen LogP contribution is 2.66. The summed E-state index contributed by atoms with van der Waals surface area (Å²) in [5, 5.41) is 0.428. The molecule has 5 rings (SSSR count). The number of hydrogen-bond donors (Lipinski definition) is 0. The van der Waals surface area contributed by atoms with Crippen LogP contribution in [0.1, 0.15) is 58.8 Å². The van der Waals surface area contributed by atoms with Gasteiger partial charge < -0.3 is 4.74 Å². The zero-order valence-electron chi connectivity index (χ0n) is 20.1. The number of nitrogens with zero attached hydrogens (tertiary/aromatic N) is 1. The summed E-state index contributed by atoms with van der Waals surface area (Å²) in [6, 6.07) is 6.17. The summed E-state index contributed by atoms with van der Waals surface area (Å²) in [6.45, 7) is 12.5. The third-order valence-corrected chi connectivity index (χ3v) is 11.5. The molecule has 0 amide bonds. The fourth-order valence-electron chi connectivity index (χ4n) is 7.64. The first-order valence-electron chi connectivity index (χ1n) is 12.2. The lowest BCUT2D eigenvalue weighted by Gasteiger charge is -2.56. The van der Waals surface area contributed by atoms with Crippen molar-refractivity contribution >= 4 is 21.4 Å². The van der Waals surface area contributed by atoms with Crippen molar-refractivity contribution in [3.8, 4) is 0 Å². The van der Waals surface area contributed by atoms with Crippen LogP contribution in [0, 0.1) is 35.2 Å². The number of allylic oxidation sites excluding steroid dienone is 5. The van der Waals surface area contributed by atoms with Gasteiger partial charge in [0.25, 0.3) is 5.03 Å². The van der Waals surface area contributed by atoms with Gasteiger partial charge in [0, 0.05) is 11.4 Å². The second kappa shape index (κ2) is 8.28. The number of sulfone groups is 1. The van der Waals surface area contributed by atoms with Gasteiger partial charge in [-0.3, -0.25) is 0 Å². The molecule has 0 spiro atoms. The van der Waals surface area contributed by atoms with Gasteiger partial charge in [-0.2, -0.15) is 0 Å². The number of fused-ring (bicyclic) bond motifs is 5. The van der Waals surface area contributed by atoms with E-state index in [9.17, 15) is 8.42 Å². The molecule has 4 aliphatic rings. The van der Waals surface area contributed by atoms with Gasteiger partial charge in [-0.05, 0) is 109 Å². The first-order chi connectivity index (χ1) is 16.1. The molecule has 0 saturated heterocycles. The normalized spacial score (nSPS) is 36.3.